The van der Waals surface area contributed by atoms with Crippen molar-refractivity contribution < 1.29 is 9.53 Å². The van der Waals surface area contributed by atoms with Gasteiger partial charge in [0, 0.05) is 22.6 Å². The zero-order valence-corrected chi connectivity index (χ0v) is 17.2. The molecule has 7 heteroatoms. The summed E-state index contributed by atoms with van der Waals surface area (Å²) < 4.78 is 6.79. The molecule has 1 aliphatic heterocycles. The van der Waals surface area contributed by atoms with Crippen molar-refractivity contribution in [3.63, 3.8) is 0 Å². The van der Waals surface area contributed by atoms with Crippen molar-refractivity contribution in [2.75, 3.05) is 18.1 Å². The second-order valence-corrected chi connectivity index (χ2v) is 8.84. The number of hydrogen-bond acceptors (Lipinski definition) is 5. The number of anilines is 1. The van der Waals surface area contributed by atoms with E-state index in [2.05, 4.69) is 0 Å². The van der Waals surface area contributed by atoms with Gasteiger partial charge in [0.2, 0.25) is 0 Å². The molecule has 1 amide bonds. The minimum atomic E-state index is -0.0818. The molecule has 1 aromatic carbocycles. The first-order chi connectivity index (χ1) is 13.1. The van der Waals surface area contributed by atoms with Crippen molar-refractivity contribution in [3.05, 3.63) is 51.2 Å². The van der Waals surface area contributed by atoms with Crippen molar-refractivity contribution in [1.29, 1.82) is 0 Å². The highest BCUT2D eigenvalue weighted by atomic mass is 35.5. The van der Waals surface area contributed by atoms with Gasteiger partial charge < -0.3 is 4.74 Å². The van der Waals surface area contributed by atoms with Crippen LogP contribution in [-0.2, 0) is 9.53 Å². The molecular formula is C20H19ClN2O2S2. The summed E-state index contributed by atoms with van der Waals surface area (Å²) in [7, 11) is 0. The van der Waals surface area contributed by atoms with Crippen molar-refractivity contribution in [1.82, 2.24) is 4.98 Å². The summed E-state index contributed by atoms with van der Waals surface area (Å²) in [6.45, 7) is 3.23. The maximum absolute atomic E-state index is 13.0. The number of benzene rings is 1. The molecular weight excluding hydrogens is 400 g/mol. The molecule has 0 N–H and O–H groups in total. The summed E-state index contributed by atoms with van der Waals surface area (Å²) in [5.41, 5.74) is 1.80. The number of halogens is 1. The van der Waals surface area contributed by atoms with E-state index in [-0.39, 0.29) is 12.0 Å². The van der Waals surface area contributed by atoms with Crippen molar-refractivity contribution >= 4 is 61.6 Å². The summed E-state index contributed by atoms with van der Waals surface area (Å²) in [5.74, 6) is -0.0818. The molecule has 140 valence electrons. The fraction of sp³-hybridized carbons (Fsp3) is 0.300. The fourth-order valence-corrected chi connectivity index (χ4v) is 4.90. The average Bonchev–Trinajstić information content (AvgIpc) is 3.42. The monoisotopic (exact) mass is 418 g/mol. The number of aryl methyl sites for hydroxylation is 1. The molecule has 1 fully saturated rings. The van der Waals surface area contributed by atoms with E-state index in [9.17, 15) is 4.79 Å². The van der Waals surface area contributed by atoms with Crippen LogP contribution in [0.4, 0.5) is 5.13 Å². The van der Waals surface area contributed by atoms with E-state index >= 15 is 0 Å². The number of carbonyl (C=O) groups excluding carboxylic acids is 1. The lowest BCUT2D eigenvalue weighted by Gasteiger charge is -2.21. The van der Waals surface area contributed by atoms with E-state index in [4.69, 9.17) is 21.3 Å². The smallest absolute Gasteiger partial charge is 0.252 e. The first-order valence-electron chi connectivity index (χ1n) is 8.82. The number of nitrogens with zero attached hydrogens (tertiary/aromatic N) is 2. The lowest BCUT2D eigenvalue weighted by Crippen LogP contribution is -2.36. The molecule has 1 atom stereocenters. The third-order valence-electron chi connectivity index (χ3n) is 4.58. The van der Waals surface area contributed by atoms with Crippen LogP contribution in [0.25, 0.3) is 16.3 Å². The van der Waals surface area contributed by atoms with E-state index in [1.165, 1.54) is 11.3 Å². The number of hydrogen-bond donors (Lipinski definition) is 0. The van der Waals surface area contributed by atoms with Gasteiger partial charge in [0.05, 0.1) is 22.9 Å². The Bertz CT molecular complexity index is 975. The van der Waals surface area contributed by atoms with Crippen LogP contribution in [0.2, 0.25) is 5.02 Å². The van der Waals surface area contributed by atoms with E-state index in [0.29, 0.717) is 16.7 Å². The Morgan fingerprint density at radius 2 is 2.33 bits per heavy atom. The number of ether oxygens (including phenoxy) is 1. The molecule has 0 spiro atoms. The zero-order valence-electron chi connectivity index (χ0n) is 14.9. The van der Waals surface area contributed by atoms with Gasteiger partial charge in [0.25, 0.3) is 5.91 Å². The van der Waals surface area contributed by atoms with Gasteiger partial charge in [0.1, 0.15) is 0 Å². The standard InChI is InChI=1S/C20H19ClN2O2S2/c1-13-16(21)7-8-17-19(13)22-20(27-17)23(12-14-4-2-10-25-14)18(24)9-6-15-5-3-11-26-15/h3,5-9,11,14H,2,4,10,12H2,1H3/b9-6+. The second-order valence-electron chi connectivity index (χ2n) is 6.45. The number of fused-ring (bicyclic) bond motifs is 1. The fourth-order valence-electron chi connectivity index (χ4n) is 3.09. The predicted molar refractivity (Wildman–Crippen MR) is 114 cm³/mol. The Morgan fingerprint density at radius 3 is 3.07 bits per heavy atom. The molecule has 1 unspecified atom stereocenters. The SMILES string of the molecule is Cc1c(Cl)ccc2sc(N(CC3CCCO3)C(=O)/C=C/c3cccs3)nc12. The lowest BCUT2D eigenvalue weighted by atomic mass is 10.2. The van der Waals surface area contributed by atoms with Crippen LogP contribution in [0, 0.1) is 6.92 Å². The van der Waals surface area contributed by atoms with Gasteiger partial charge in [-0.15, -0.1) is 11.3 Å². The number of thiazole rings is 1. The summed E-state index contributed by atoms with van der Waals surface area (Å²) in [5, 5.41) is 3.37. The zero-order chi connectivity index (χ0) is 18.8. The Morgan fingerprint density at radius 1 is 1.44 bits per heavy atom. The highest BCUT2D eigenvalue weighted by Crippen LogP contribution is 2.34. The maximum atomic E-state index is 13.0. The molecule has 27 heavy (non-hydrogen) atoms. The van der Waals surface area contributed by atoms with E-state index in [0.717, 1.165) is 40.1 Å². The lowest BCUT2D eigenvalue weighted by molar-refractivity contribution is -0.114. The van der Waals surface area contributed by atoms with Crippen LogP contribution in [-0.4, -0.2) is 30.1 Å². The first-order valence-corrected chi connectivity index (χ1v) is 10.9. The summed E-state index contributed by atoms with van der Waals surface area (Å²) in [6, 6.07) is 7.80. The van der Waals surface area contributed by atoms with Crippen LogP contribution < -0.4 is 4.90 Å². The van der Waals surface area contributed by atoms with E-state index < -0.39 is 0 Å². The summed E-state index contributed by atoms with van der Waals surface area (Å²) in [4.78, 5) is 20.5. The molecule has 2 aromatic heterocycles. The van der Waals surface area contributed by atoms with Gasteiger partial charge in [-0.25, -0.2) is 4.98 Å². The second kappa shape index (κ2) is 8.10. The number of rotatable bonds is 5. The maximum Gasteiger partial charge on any atom is 0.252 e. The molecule has 0 aliphatic carbocycles. The molecule has 1 saturated heterocycles. The molecule has 0 saturated carbocycles. The van der Waals surface area contributed by atoms with Gasteiger partial charge in [-0.2, -0.15) is 0 Å². The largest absolute Gasteiger partial charge is 0.376 e. The van der Waals surface area contributed by atoms with Crippen molar-refractivity contribution in [3.8, 4) is 0 Å². The highest BCUT2D eigenvalue weighted by Gasteiger charge is 2.25. The average molecular weight is 419 g/mol. The number of carbonyl (C=O) groups is 1. The number of aromatic nitrogens is 1. The van der Waals surface area contributed by atoms with Gasteiger partial charge in [-0.05, 0) is 55.0 Å². The Hall–Kier alpha value is -1.73. The molecule has 3 aromatic rings. The molecule has 0 bridgehead atoms. The van der Waals surface area contributed by atoms with Gasteiger partial charge in [-0.1, -0.05) is 29.0 Å². The van der Waals surface area contributed by atoms with Gasteiger partial charge >= 0.3 is 0 Å². The number of thiophene rings is 1. The Labute approximate surface area is 171 Å². The number of amides is 1. The third kappa shape index (κ3) is 4.09. The first kappa shape index (κ1) is 18.6. The predicted octanol–water partition coefficient (Wildman–Crippen LogP) is 5.55. The van der Waals surface area contributed by atoms with E-state index in [1.807, 2.05) is 42.6 Å². The quantitative estimate of drug-likeness (QED) is 0.510. The summed E-state index contributed by atoms with van der Waals surface area (Å²) in [6.07, 6.45) is 5.53. The van der Waals surface area contributed by atoms with Gasteiger partial charge in [0.15, 0.2) is 5.13 Å². The van der Waals surface area contributed by atoms with Crippen molar-refractivity contribution in [2.45, 2.75) is 25.9 Å². The van der Waals surface area contributed by atoms with Crippen LogP contribution >= 0.6 is 34.3 Å². The summed E-state index contributed by atoms with van der Waals surface area (Å²) >= 11 is 9.35. The normalized spacial score (nSPS) is 17.2. The van der Waals surface area contributed by atoms with Crippen molar-refractivity contribution in [2.24, 2.45) is 0 Å². The molecule has 1 aliphatic rings. The van der Waals surface area contributed by atoms with Crippen LogP contribution in [0.3, 0.4) is 0 Å². The molecule has 4 nitrogen and oxygen atoms in total. The highest BCUT2D eigenvalue weighted by molar-refractivity contribution is 7.22. The van der Waals surface area contributed by atoms with Crippen LogP contribution in [0.1, 0.15) is 23.3 Å². The Kier molecular flexibility index (Phi) is 5.59. The van der Waals surface area contributed by atoms with Crippen LogP contribution in [0.15, 0.2) is 35.7 Å². The minimum absolute atomic E-state index is 0.0563. The third-order valence-corrected chi connectivity index (χ3v) is 6.87. The van der Waals surface area contributed by atoms with Gasteiger partial charge in [-0.3, -0.25) is 9.69 Å². The minimum Gasteiger partial charge on any atom is -0.376 e. The van der Waals surface area contributed by atoms with E-state index in [1.54, 1.807) is 22.3 Å². The van der Waals surface area contributed by atoms with Crippen LogP contribution in [0.5, 0.6) is 0 Å². The molecule has 4 rings (SSSR count). The topological polar surface area (TPSA) is 42.4 Å². The molecule has 0 radical (unpaired) electrons. The Balaban J connectivity index is 1.66. The molecule has 3 heterocycles.